The van der Waals surface area contributed by atoms with Gasteiger partial charge in [-0.3, -0.25) is 0 Å². The van der Waals surface area contributed by atoms with Crippen LogP contribution >= 0.6 is 11.8 Å². The summed E-state index contributed by atoms with van der Waals surface area (Å²) >= 11 is 1.67. The molecule has 2 heterocycles. The van der Waals surface area contributed by atoms with Crippen LogP contribution in [0.15, 0.2) is 23.4 Å². The van der Waals surface area contributed by atoms with Crippen LogP contribution in [0.3, 0.4) is 0 Å². The molecule has 112 valence electrons. The van der Waals surface area contributed by atoms with Gasteiger partial charge >= 0.3 is 0 Å². The largest absolute Gasteiger partial charge is 0.329 e. The lowest BCUT2D eigenvalue weighted by molar-refractivity contribution is 0.299. The third-order valence-electron chi connectivity index (χ3n) is 3.75. The Labute approximate surface area is 122 Å². The second-order valence-corrected chi connectivity index (χ2v) is 7.91. The predicted octanol–water partition coefficient (Wildman–Crippen LogP) is 1.07. The summed E-state index contributed by atoms with van der Waals surface area (Å²) < 4.78 is 39.6. The number of aromatic nitrogens is 1. The summed E-state index contributed by atoms with van der Waals surface area (Å²) in [6, 6.07) is 2.48. The van der Waals surface area contributed by atoms with Gasteiger partial charge in [-0.2, -0.15) is 16.1 Å². The Balaban J connectivity index is 2.20. The lowest BCUT2D eigenvalue weighted by Gasteiger charge is -2.39. The number of nitrogens with zero attached hydrogens (tertiary/aromatic N) is 2. The fourth-order valence-electron chi connectivity index (χ4n) is 2.31. The summed E-state index contributed by atoms with van der Waals surface area (Å²) in [5, 5.41) is -0.496. The van der Waals surface area contributed by atoms with E-state index in [1.165, 1.54) is 16.6 Å². The number of halogens is 1. The fourth-order valence-corrected chi connectivity index (χ4v) is 4.48. The highest BCUT2D eigenvalue weighted by Crippen LogP contribution is 2.35. The maximum absolute atomic E-state index is 13.6. The van der Waals surface area contributed by atoms with E-state index >= 15 is 0 Å². The van der Waals surface area contributed by atoms with Crippen molar-refractivity contribution in [3.05, 3.63) is 24.1 Å². The number of sulfonamides is 1. The summed E-state index contributed by atoms with van der Waals surface area (Å²) in [5.74, 6) is -0.812. The van der Waals surface area contributed by atoms with Gasteiger partial charge in [-0.1, -0.05) is 0 Å². The van der Waals surface area contributed by atoms with E-state index in [1.54, 1.807) is 11.8 Å². The van der Waals surface area contributed by atoms with Gasteiger partial charge in [-0.05, 0) is 31.2 Å². The number of pyridine rings is 1. The molecule has 1 aliphatic rings. The Morgan fingerprint density at radius 2 is 2.15 bits per heavy atom. The number of rotatable bonds is 4. The summed E-state index contributed by atoms with van der Waals surface area (Å²) in [4.78, 5) is 3.67. The average Bonchev–Trinajstić information content (AvgIpc) is 2.47. The fraction of sp³-hybridized carbons (Fsp3) is 0.583. The molecule has 2 rings (SSSR count). The minimum atomic E-state index is -3.86. The average molecular weight is 319 g/mol. The first-order valence-corrected chi connectivity index (χ1v) is 8.97. The number of piperidine rings is 1. The summed E-state index contributed by atoms with van der Waals surface area (Å²) in [6.07, 6.45) is 4.60. The second kappa shape index (κ2) is 5.97. The Morgan fingerprint density at radius 1 is 1.50 bits per heavy atom. The van der Waals surface area contributed by atoms with Gasteiger partial charge in [0.2, 0.25) is 5.03 Å². The number of hydrogen-bond acceptors (Lipinski definition) is 5. The van der Waals surface area contributed by atoms with Crippen LogP contribution in [0.4, 0.5) is 4.39 Å². The third-order valence-corrected chi connectivity index (χ3v) is 7.02. The molecule has 5 nitrogen and oxygen atoms in total. The number of nitrogens with two attached hydrogens (primary N) is 1. The van der Waals surface area contributed by atoms with Gasteiger partial charge < -0.3 is 5.73 Å². The number of hydrogen-bond donors (Lipinski definition) is 1. The van der Waals surface area contributed by atoms with Gasteiger partial charge in [0.25, 0.3) is 10.0 Å². The zero-order valence-electron chi connectivity index (χ0n) is 11.3. The Kier molecular flexibility index (Phi) is 4.68. The lowest BCUT2D eigenvalue weighted by Crippen LogP contribution is -2.48. The molecular formula is C12H18FN3O2S2. The van der Waals surface area contributed by atoms with Gasteiger partial charge in [0, 0.05) is 30.6 Å². The van der Waals surface area contributed by atoms with Gasteiger partial charge in [-0.25, -0.2) is 17.8 Å². The molecule has 0 aliphatic carbocycles. The van der Waals surface area contributed by atoms with Crippen LogP contribution in [0.2, 0.25) is 0 Å². The van der Waals surface area contributed by atoms with E-state index in [0.29, 0.717) is 32.5 Å². The van der Waals surface area contributed by atoms with Crippen LogP contribution in [0, 0.1) is 5.82 Å². The summed E-state index contributed by atoms with van der Waals surface area (Å²) in [5.41, 5.74) is 5.78. The molecule has 2 N–H and O–H groups in total. The number of thioether (sulfide) groups is 1. The first kappa shape index (κ1) is 15.7. The highest BCUT2D eigenvalue weighted by Gasteiger charge is 2.38. The van der Waals surface area contributed by atoms with Crippen molar-refractivity contribution in [1.82, 2.24) is 9.29 Å². The minimum absolute atomic E-state index is 0.0747. The van der Waals surface area contributed by atoms with E-state index in [-0.39, 0.29) is 4.75 Å². The second-order valence-electron chi connectivity index (χ2n) is 4.79. The van der Waals surface area contributed by atoms with Crippen LogP contribution in [-0.2, 0) is 10.0 Å². The van der Waals surface area contributed by atoms with Crippen molar-refractivity contribution in [2.45, 2.75) is 22.6 Å². The first-order chi connectivity index (χ1) is 9.45. The molecule has 0 radical (unpaired) electrons. The molecule has 0 saturated carbocycles. The molecule has 0 atom stereocenters. The van der Waals surface area contributed by atoms with Gasteiger partial charge in [-0.15, -0.1) is 0 Å². The third kappa shape index (κ3) is 2.83. The molecule has 20 heavy (non-hydrogen) atoms. The zero-order valence-corrected chi connectivity index (χ0v) is 12.9. The molecule has 1 saturated heterocycles. The lowest BCUT2D eigenvalue weighted by atomic mass is 9.97. The maximum atomic E-state index is 13.6. The molecule has 0 aromatic carbocycles. The van der Waals surface area contributed by atoms with Gasteiger partial charge in [0.1, 0.15) is 0 Å². The molecule has 8 heteroatoms. The topological polar surface area (TPSA) is 76.3 Å². The summed E-state index contributed by atoms with van der Waals surface area (Å²) in [6.45, 7) is 1.20. The molecule has 1 aromatic heterocycles. The predicted molar refractivity (Wildman–Crippen MR) is 77.5 cm³/mol. The van der Waals surface area contributed by atoms with E-state index in [2.05, 4.69) is 4.98 Å². The van der Waals surface area contributed by atoms with Crippen molar-refractivity contribution in [1.29, 1.82) is 0 Å². The molecule has 0 unspecified atom stereocenters. The minimum Gasteiger partial charge on any atom is -0.329 e. The van der Waals surface area contributed by atoms with Gasteiger partial charge in [0.05, 0.1) is 0 Å². The van der Waals surface area contributed by atoms with Crippen molar-refractivity contribution < 1.29 is 12.8 Å². The molecule has 1 fully saturated rings. The molecule has 0 bridgehead atoms. The normalized spacial score (nSPS) is 19.9. The van der Waals surface area contributed by atoms with E-state index in [4.69, 9.17) is 5.73 Å². The van der Waals surface area contributed by atoms with Crippen LogP contribution < -0.4 is 5.73 Å². The van der Waals surface area contributed by atoms with E-state index < -0.39 is 20.9 Å². The van der Waals surface area contributed by atoms with E-state index in [1.807, 2.05) is 6.26 Å². The highest BCUT2D eigenvalue weighted by atomic mass is 32.2. The molecule has 0 spiro atoms. The van der Waals surface area contributed by atoms with Crippen LogP contribution in [0.25, 0.3) is 0 Å². The molecule has 1 aliphatic heterocycles. The molecular weight excluding hydrogens is 301 g/mol. The Bertz CT molecular complexity index is 566. The van der Waals surface area contributed by atoms with Crippen LogP contribution in [0.5, 0.6) is 0 Å². The SMILES string of the molecule is CSC1(CN)CCN(S(=O)(=O)c2ncccc2F)CC1. The Hall–Kier alpha value is -0.700. The van der Waals surface area contributed by atoms with Crippen LogP contribution in [-0.4, -0.2) is 48.3 Å². The van der Waals surface area contributed by atoms with E-state index in [0.717, 1.165) is 6.07 Å². The van der Waals surface area contributed by atoms with Crippen molar-refractivity contribution in [3.8, 4) is 0 Å². The molecule has 1 aromatic rings. The molecule has 0 amide bonds. The van der Waals surface area contributed by atoms with Crippen molar-refractivity contribution in [3.63, 3.8) is 0 Å². The van der Waals surface area contributed by atoms with Crippen molar-refractivity contribution >= 4 is 21.8 Å². The monoisotopic (exact) mass is 319 g/mol. The highest BCUT2D eigenvalue weighted by molar-refractivity contribution is 8.00. The Morgan fingerprint density at radius 3 is 2.65 bits per heavy atom. The van der Waals surface area contributed by atoms with Crippen LogP contribution in [0.1, 0.15) is 12.8 Å². The van der Waals surface area contributed by atoms with Crippen molar-refractivity contribution in [2.75, 3.05) is 25.9 Å². The standard InChI is InChI=1S/C12H18FN3O2S2/c1-19-12(9-14)4-7-16(8-5-12)20(17,18)11-10(13)3-2-6-15-11/h2-3,6H,4-5,7-9,14H2,1H3. The first-order valence-electron chi connectivity index (χ1n) is 6.31. The summed E-state index contributed by atoms with van der Waals surface area (Å²) in [7, 11) is -3.86. The van der Waals surface area contributed by atoms with Gasteiger partial charge in [0.15, 0.2) is 5.82 Å². The smallest absolute Gasteiger partial charge is 0.263 e. The quantitative estimate of drug-likeness (QED) is 0.898. The van der Waals surface area contributed by atoms with Crippen molar-refractivity contribution in [2.24, 2.45) is 5.73 Å². The van der Waals surface area contributed by atoms with E-state index in [9.17, 15) is 12.8 Å². The maximum Gasteiger partial charge on any atom is 0.263 e. The zero-order chi connectivity index (χ0) is 14.8.